The van der Waals surface area contributed by atoms with Crippen molar-refractivity contribution in [3.05, 3.63) is 72.0 Å². The van der Waals surface area contributed by atoms with E-state index in [4.69, 9.17) is 4.98 Å². The Balaban J connectivity index is 1.49. The van der Waals surface area contributed by atoms with E-state index in [-0.39, 0.29) is 5.78 Å². The number of hydrogen-bond acceptors (Lipinski definition) is 6. The molecule has 0 amide bonds. The van der Waals surface area contributed by atoms with Gasteiger partial charge >= 0.3 is 0 Å². The molecule has 6 heterocycles. The molecule has 6 aromatic heterocycles. The summed E-state index contributed by atoms with van der Waals surface area (Å²) < 4.78 is 0. The number of nitrogens with one attached hydrogen (secondary N) is 2. The highest BCUT2D eigenvalue weighted by molar-refractivity contribution is 7.17. The second-order valence-electron chi connectivity index (χ2n) is 7.42. The highest BCUT2D eigenvalue weighted by Crippen LogP contribution is 2.36. The second-order valence-corrected chi connectivity index (χ2v) is 8.51. The van der Waals surface area contributed by atoms with Crippen LogP contribution in [0.25, 0.3) is 55.2 Å². The first-order valence-electron chi connectivity index (χ1n) is 10.0. The van der Waals surface area contributed by atoms with Gasteiger partial charge in [0.25, 0.3) is 0 Å². The van der Waals surface area contributed by atoms with Crippen molar-refractivity contribution in [3.63, 3.8) is 0 Å². The number of rotatable bonds is 4. The zero-order valence-corrected chi connectivity index (χ0v) is 17.8. The summed E-state index contributed by atoms with van der Waals surface area (Å²) in [5.41, 5.74) is 6.83. The SMILES string of the molecule is CC(=O)c1ccc(-c2ccnc3[nH]c(-c4n[nH]c5ccc(-c6ccncc6)nc45)cc23)s1. The lowest BCUT2D eigenvalue weighted by Crippen LogP contribution is -1.86. The molecule has 0 aliphatic carbocycles. The van der Waals surface area contributed by atoms with Gasteiger partial charge < -0.3 is 4.98 Å². The molecule has 8 heteroatoms. The lowest BCUT2D eigenvalue weighted by molar-refractivity contribution is 0.102. The summed E-state index contributed by atoms with van der Waals surface area (Å²) in [5.74, 6) is 0.0698. The molecular formula is C24H16N6OS. The van der Waals surface area contributed by atoms with Crippen molar-refractivity contribution in [2.75, 3.05) is 0 Å². The van der Waals surface area contributed by atoms with E-state index in [1.165, 1.54) is 11.3 Å². The van der Waals surface area contributed by atoms with Crippen molar-refractivity contribution in [2.45, 2.75) is 6.92 Å². The fourth-order valence-corrected chi connectivity index (χ4v) is 4.75. The van der Waals surface area contributed by atoms with Crippen molar-refractivity contribution in [3.8, 4) is 33.1 Å². The van der Waals surface area contributed by atoms with E-state index in [1.807, 2.05) is 48.5 Å². The Bertz CT molecular complexity index is 1610. The van der Waals surface area contributed by atoms with Gasteiger partial charge in [-0.05, 0) is 55.5 Å². The Kier molecular flexibility index (Phi) is 4.19. The first kappa shape index (κ1) is 18.6. The maximum atomic E-state index is 11.7. The van der Waals surface area contributed by atoms with Crippen LogP contribution in [0.4, 0.5) is 0 Å². The van der Waals surface area contributed by atoms with Crippen LogP contribution in [0.1, 0.15) is 16.6 Å². The van der Waals surface area contributed by atoms with Crippen LogP contribution in [-0.2, 0) is 0 Å². The Labute approximate surface area is 186 Å². The van der Waals surface area contributed by atoms with Gasteiger partial charge in [0.15, 0.2) is 5.78 Å². The average molecular weight is 437 g/mol. The van der Waals surface area contributed by atoms with E-state index < -0.39 is 0 Å². The van der Waals surface area contributed by atoms with E-state index in [0.29, 0.717) is 0 Å². The molecule has 0 aliphatic rings. The van der Waals surface area contributed by atoms with Gasteiger partial charge in [0.1, 0.15) is 16.9 Å². The van der Waals surface area contributed by atoms with Crippen LogP contribution in [0.5, 0.6) is 0 Å². The molecule has 0 atom stereocenters. The molecule has 0 saturated heterocycles. The largest absolute Gasteiger partial charge is 0.338 e. The first-order chi connectivity index (χ1) is 15.7. The van der Waals surface area contributed by atoms with Crippen molar-refractivity contribution >= 4 is 39.2 Å². The molecule has 0 spiro atoms. The minimum atomic E-state index is 0.0698. The number of aromatic amines is 2. The number of ketones is 1. The molecule has 6 aromatic rings. The maximum Gasteiger partial charge on any atom is 0.169 e. The van der Waals surface area contributed by atoms with Crippen LogP contribution in [-0.4, -0.2) is 35.9 Å². The van der Waals surface area contributed by atoms with Crippen molar-refractivity contribution in [2.24, 2.45) is 0 Å². The van der Waals surface area contributed by atoms with Gasteiger partial charge in [0, 0.05) is 40.0 Å². The summed E-state index contributed by atoms with van der Waals surface area (Å²) in [6, 6.07) is 15.7. The maximum absolute atomic E-state index is 11.7. The highest BCUT2D eigenvalue weighted by Gasteiger charge is 2.17. The Morgan fingerprint density at radius 2 is 1.88 bits per heavy atom. The monoisotopic (exact) mass is 436 g/mol. The number of carbonyl (C=O) groups excluding carboxylic acids is 1. The Morgan fingerprint density at radius 1 is 1.00 bits per heavy atom. The van der Waals surface area contributed by atoms with Crippen LogP contribution in [0.2, 0.25) is 0 Å². The standard InChI is InChI=1S/C24H16N6OS/c1-13(31)20-4-5-21(32-20)15-8-11-26-24-16(15)12-19(28-24)23-22-18(29-30-23)3-2-17(27-22)14-6-9-25-10-7-14/h2-12H,1H3,(H,26,28)(H,29,30). The Morgan fingerprint density at radius 3 is 2.69 bits per heavy atom. The van der Waals surface area contributed by atoms with Crippen molar-refractivity contribution in [1.82, 2.24) is 30.1 Å². The predicted octanol–water partition coefficient (Wildman–Crippen LogP) is 5.49. The normalized spacial score (nSPS) is 11.4. The van der Waals surface area contributed by atoms with Crippen LogP contribution < -0.4 is 0 Å². The van der Waals surface area contributed by atoms with Gasteiger partial charge in [-0.15, -0.1) is 11.3 Å². The van der Waals surface area contributed by atoms with Crippen LogP contribution >= 0.6 is 11.3 Å². The molecule has 154 valence electrons. The fourth-order valence-electron chi connectivity index (χ4n) is 3.81. The smallest absolute Gasteiger partial charge is 0.169 e. The van der Waals surface area contributed by atoms with Crippen LogP contribution in [0.3, 0.4) is 0 Å². The third-order valence-electron chi connectivity index (χ3n) is 5.39. The lowest BCUT2D eigenvalue weighted by Gasteiger charge is -2.00. The Hall–Kier alpha value is -4.17. The number of fused-ring (bicyclic) bond motifs is 2. The number of carbonyl (C=O) groups is 1. The summed E-state index contributed by atoms with van der Waals surface area (Å²) in [6.45, 7) is 1.59. The quantitative estimate of drug-likeness (QED) is 0.356. The number of thiophene rings is 1. The third-order valence-corrected chi connectivity index (χ3v) is 6.61. The minimum Gasteiger partial charge on any atom is -0.338 e. The zero-order valence-electron chi connectivity index (χ0n) is 17.0. The number of hydrogen-bond donors (Lipinski definition) is 2. The molecular weight excluding hydrogens is 420 g/mol. The van der Waals surface area contributed by atoms with Gasteiger partial charge in [-0.2, -0.15) is 5.10 Å². The molecule has 7 nitrogen and oxygen atoms in total. The van der Waals surface area contributed by atoms with E-state index in [2.05, 4.69) is 25.1 Å². The summed E-state index contributed by atoms with van der Waals surface area (Å²) in [6.07, 6.45) is 5.28. The zero-order chi connectivity index (χ0) is 21.7. The third kappa shape index (κ3) is 3.00. The van der Waals surface area contributed by atoms with Gasteiger partial charge in [-0.1, -0.05) is 0 Å². The number of pyridine rings is 3. The predicted molar refractivity (Wildman–Crippen MR) is 126 cm³/mol. The minimum absolute atomic E-state index is 0.0698. The van der Waals surface area contributed by atoms with Gasteiger partial charge in [-0.3, -0.25) is 14.9 Å². The second kappa shape index (κ2) is 7.21. The molecule has 32 heavy (non-hydrogen) atoms. The molecule has 0 aromatic carbocycles. The molecule has 6 rings (SSSR count). The van der Waals surface area contributed by atoms with Gasteiger partial charge in [0.05, 0.1) is 21.8 Å². The van der Waals surface area contributed by atoms with Gasteiger partial charge in [-0.25, -0.2) is 9.97 Å². The molecule has 0 fully saturated rings. The van der Waals surface area contributed by atoms with E-state index in [1.54, 1.807) is 25.5 Å². The van der Waals surface area contributed by atoms with Crippen molar-refractivity contribution < 1.29 is 4.79 Å². The molecule has 0 radical (unpaired) electrons. The summed E-state index contributed by atoms with van der Waals surface area (Å²) >= 11 is 1.49. The van der Waals surface area contributed by atoms with Crippen LogP contribution in [0.15, 0.2) is 67.1 Å². The summed E-state index contributed by atoms with van der Waals surface area (Å²) in [7, 11) is 0. The van der Waals surface area contributed by atoms with E-state index in [0.717, 1.165) is 60.0 Å². The van der Waals surface area contributed by atoms with Gasteiger partial charge in [0.2, 0.25) is 0 Å². The van der Waals surface area contributed by atoms with Crippen LogP contribution in [0, 0.1) is 0 Å². The molecule has 0 bridgehead atoms. The molecule has 0 saturated carbocycles. The summed E-state index contributed by atoms with van der Waals surface area (Å²) in [5, 5.41) is 8.57. The lowest BCUT2D eigenvalue weighted by atomic mass is 10.1. The number of nitrogens with zero attached hydrogens (tertiary/aromatic N) is 4. The average Bonchev–Trinajstić information content (AvgIpc) is 3.56. The fraction of sp³-hybridized carbons (Fsp3) is 0.0417. The summed E-state index contributed by atoms with van der Waals surface area (Å²) in [4.78, 5) is 30.3. The van der Waals surface area contributed by atoms with E-state index >= 15 is 0 Å². The molecule has 0 aliphatic heterocycles. The number of Topliss-reactive ketones (excluding diaryl/α,β-unsaturated/α-hetero) is 1. The number of aromatic nitrogens is 6. The number of H-pyrrole nitrogens is 2. The first-order valence-corrected chi connectivity index (χ1v) is 10.8. The van der Waals surface area contributed by atoms with E-state index in [9.17, 15) is 4.79 Å². The topological polar surface area (TPSA) is 100 Å². The van der Waals surface area contributed by atoms with Crippen molar-refractivity contribution in [1.29, 1.82) is 0 Å². The molecule has 2 N–H and O–H groups in total. The highest BCUT2D eigenvalue weighted by atomic mass is 32.1. The molecule has 0 unspecified atom stereocenters.